The molecule has 0 bridgehead atoms. The molecule has 2 N–H and O–H groups in total. The van der Waals surface area contributed by atoms with Crippen molar-refractivity contribution in [3.05, 3.63) is 0 Å². The number of amidine groups is 1. The fraction of sp³-hybridized carbons (Fsp3) is 0.500. The molecule has 2 nitrogen and oxygen atoms in total. The van der Waals surface area contributed by atoms with Crippen molar-refractivity contribution in [3.63, 3.8) is 0 Å². The zero-order valence-electron chi connectivity index (χ0n) is 4.14. The first-order chi connectivity index (χ1) is 3.31. The second-order valence-corrected chi connectivity index (χ2v) is 1.72. The Kier molecular flexibility index (Phi) is 4.11. The molecule has 0 radical (unpaired) electrons. The van der Waals surface area contributed by atoms with Crippen molar-refractivity contribution in [2.24, 2.45) is 10.7 Å². The molecule has 0 fully saturated rings. The summed E-state index contributed by atoms with van der Waals surface area (Å²) in [7, 11) is 1.68. The summed E-state index contributed by atoms with van der Waals surface area (Å²) in [4.78, 5) is 3.72. The Hall–Kier alpha value is -0.0366. The van der Waals surface area contributed by atoms with Crippen LogP contribution in [-0.2, 0) is 17.9 Å². The van der Waals surface area contributed by atoms with Crippen LogP contribution in [0.4, 0.5) is 0 Å². The van der Waals surface area contributed by atoms with Gasteiger partial charge in [-0.2, -0.15) is 0 Å². The molecule has 0 atom stereocenters. The molecule has 0 aromatic heterocycles. The third kappa shape index (κ3) is 3.80. The average Bonchev–Trinajstić information content (AvgIpc) is 1.68. The number of hydrogen-bond acceptors (Lipinski definition) is 1. The number of hydrogen-bond donors (Lipinski definition) is 1. The summed E-state index contributed by atoms with van der Waals surface area (Å²) in [6, 6.07) is 0. The van der Waals surface area contributed by atoms with Gasteiger partial charge in [0.2, 0.25) is 0 Å². The van der Waals surface area contributed by atoms with Crippen LogP contribution < -0.4 is 5.73 Å². The average molecular weight is 187 g/mol. The van der Waals surface area contributed by atoms with Gasteiger partial charge in [0.25, 0.3) is 0 Å². The molecule has 0 spiro atoms. The summed E-state index contributed by atoms with van der Waals surface area (Å²) < 4.78 is 1.86. The van der Waals surface area contributed by atoms with Gasteiger partial charge in [-0.05, 0) is 0 Å². The molecular formula is C4H8N2Rh. The molecule has 0 aliphatic carbocycles. The molecular weight excluding hydrogens is 179 g/mol. The summed E-state index contributed by atoms with van der Waals surface area (Å²) in [5.41, 5.74) is 5.28. The van der Waals surface area contributed by atoms with Crippen molar-refractivity contribution in [1.29, 1.82) is 0 Å². The first-order valence-corrected chi connectivity index (χ1v) is 2.86. The Morgan fingerprint density at radius 3 is 2.71 bits per heavy atom. The van der Waals surface area contributed by atoms with Gasteiger partial charge in [-0.1, -0.05) is 0 Å². The minimum atomic E-state index is 0.669. The van der Waals surface area contributed by atoms with E-state index < -0.39 is 0 Å². The fourth-order valence-corrected chi connectivity index (χ4v) is 0.504. The number of nitrogens with two attached hydrogens (primary N) is 1. The van der Waals surface area contributed by atoms with Crippen molar-refractivity contribution in [1.82, 2.24) is 0 Å². The maximum atomic E-state index is 5.28. The van der Waals surface area contributed by atoms with Crippen molar-refractivity contribution in [3.8, 4) is 0 Å². The predicted octanol–water partition coefficient (Wildman–Crippen LogP) is -0.287. The Balaban J connectivity index is 3.36. The van der Waals surface area contributed by atoms with Gasteiger partial charge in [0.1, 0.15) is 0 Å². The molecule has 7 heavy (non-hydrogen) atoms. The van der Waals surface area contributed by atoms with Crippen LogP contribution in [-0.4, -0.2) is 17.5 Å². The third-order valence-corrected chi connectivity index (χ3v) is 0.899. The summed E-state index contributed by atoms with van der Waals surface area (Å²) in [6.45, 7) is 0. The van der Waals surface area contributed by atoms with E-state index in [0.29, 0.717) is 5.84 Å². The molecule has 43 valence electrons. The number of aliphatic imine (C=N–C) groups is 1. The van der Waals surface area contributed by atoms with E-state index in [1.807, 2.05) is 4.61 Å². The second kappa shape index (κ2) is 4.13. The van der Waals surface area contributed by atoms with E-state index >= 15 is 0 Å². The normalized spacial score (nSPS) is 11.4. The van der Waals surface area contributed by atoms with Crippen molar-refractivity contribution < 1.29 is 17.9 Å². The summed E-state index contributed by atoms with van der Waals surface area (Å²) in [6.07, 6.45) is 0.753. The van der Waals surface area contributed by atoms with E-state index in [0.717, 1.165) is 6.42 Å². The van der Waals surface area contributed by atoms with Crippen LogP contribution in [0.1, 0.15) is 6.42 Å². The van der Waals surface area contributed by atoms with Crippen LogP contribution in [0.5, 0.6) is 0 Å². The van der Waals surface area contributed by atoms with Gasteiger partial charge < -0.3 is 0 Å². The molecule has 0 aromatic rings. The van der Waals surface area contributed by atoms with E-state index in [-0.39, 0.29) is 0 Å². The third-order valence-electron chi connectivity index (χ3n) is 0.564. The summed E-state index contributed by atoms with van der Waals surface area (Å²) >= 11 is 2.63. The number of rotatable bonds is 2. The van der Waals surface area contributed by atoms with Crippen LogP contribution in [0.3, 0.4) is 0 Å². The van der Waals surface area contributed by atoms with Gasteiger partial charge in [0, 0.05) is 0 Å². The summed E-state index contributed by atoms with van der Waals surface area (Å²) in [5.74, 6) is 0.669. The molecule has 0 unspecified atom stereocenters. The Labute approximate surface area is 53.0 Å². The van der Waals surface area contributed by atoms with Crippen LogP contribution >= 0.6 is 0 Å². The quantitative estimate of drug-likeness (QED) is 0.360. The van der Waals surface area contributed by atoms with Crippen molar-refractivity contribution in [2.75, 3.05) is 7.05 Å². The molecule has 0 amide bonds. The fourth-order valence-electron chi connectivity index (χ4n) is 0.161. The van der Waals surface area contributed by atoms with Gasteiger partial charge in [-0.3, -0.25) is 0 Å². The van der Waals surface area contributed by atoms with Crippen LogP contribution in [0.2, 0.25) is 0 Å². The van der Waals surface area contributed by atoms with Gasteiger partial charge in [-0.15, -0.1) is 0 Å². The zero-order valence-corrected chi connectivity index (χ0v) is 5.78. The van der Waals surface area contributed by atoms with Gasteiger partial charge >= 0.3 is 52.5 Å². The second-order valence-electron chi connectivity index (χ2n) is 1.06. The summed E-state index contributed by atoms with van der Waals surface area (Å²) in [5, 5.41) is 0. The van der Waals surface area contributed by atoms with Crippen molar-refractivity contribution in [2.45, 2.75) is 6.42 Å². The zero-order chi connectivity index (χ0) is 5.70. The standard InChI is InChI=1S/C4H8N2.Rh/c1-3-4(5)6-2;/h1H,3H2,2H3,(H2,5,6);. The molecule has 0 rings (SSSR count). The van der Waals surface area contributed by atoms with E-state index in [2.05, 4.69) is 22.8 Å². The van der Waals surface area contributed by atoms with Gasteiger partial charge in [-0.25, -0.2) is 0 Å². The van der Waals surface area contributed by atoms with Crippen LogP contribution in [0.15, 0.2) is 4.99 Å². The molecule has 0 aliphatic heterocycles. The monoisotopic (exact) mass is 187 g/mol. The van der Waals surface area contributed by atoms with E-state index in [1.54, 1.807) is 7.05 Å². The Morgan fingerprint density at radius 1 is 2.00 bits per heavy atom. The van der Waals surface area contributed by atoms with E-state index in [1.165, 1.54) is 0 Å². The van der Waals surface area contributed by atoms with Gasteiger partial charge in [0.15, 0.2) is 0 Å². The Bertz CT molecular complexity index is 87.7. The first-order valence-electron chi connectivity index (χ1n) is 1.91. The number of nitrogens with zero attached hydrogens (tertiary/aromatic N) is 1. The van der Waals surface area contributed by atoms with Crippen molar-refractivity contribution >= 4 is 10.4 Å². The SMILES string of the molecule is CN=C(N)C[CH]=[Rh]. The molecule has 0 aromatic carbocycles. The Morgan fingerprint density at radius 2 is 2.57 bits per heavy atom. The van der Waals surface area contributed by atoms with Crippen LogP contribution in [0.25, 0.3) is 0 Å². The maximum absolute atomic E-state index is 5.28. The predicted molar refractivity (Wildman–Crippen MR) is 28.2 cm³/mol. The van der Waals surface area contributed by atoms with E-state index in [4.69, 9.17) is 5.73 Å². The molecule has 0 heterocycles. The molecule has 3 heteroatoms. The first kappa shape index (κ1) is 6.96. The van der Waals surface area contributed by atoms with Gasteiger partial charge in [0.05, 0.1) is 0 Å². The topological polar surface area (TPSA) is 38.4 Å². The molecule has 0 saturated heterocycles. The van der Waals surface area contributed by atoms with E-state index in [9.17, 15) is 0 Å². The minimum absolute atomic E-state index is 0.669. The molecule has 0 saturated carbocycles. The molecule has 0 aliphatic rings. The van der Waals surface area contributed by atoms with Crippen LogP contribution in [0, 0.1) is 0 Å².